The number of rotatable bonds is 29. The number of carbonyl (C=O) groups is 3. The van der Waals surface area contributed by atoms with Gasteiger partial charge >= 0.3 is 0 Å². The van der Waals surface area contributed by atoms with Crippen molar-refractivity contribution in [1.29, 1.82) is 0 Å². The lowest BCUT2D eigenvalue weighted by molar-refractivity contribution is -0.401. The first-order valence-electron chi connectivity index (χ1n) is 37.3. The van der Waals surface area contributed by atoms with Crippen LogP contribution in [0.15, 0.2) is 0 Å². The first kappa shape index (κ1) is 94.9. The van der Waals surface area contributed by atoms with Crippen LogP contribution in [-0.4, -0.2) is 504 Å². The number of hydrogen-bond acceptors (Lipinski definition) is 48. The zero-order chi connectivity index (χ0) is 85.2. The fraction of sp³-hybridized carbons (Fsp3) is 0.954. The zero-order valence-corrected chi connectivity index (χ0v) is 62.6. The molecule has 0 aromatic rings. The molecule has 0 spiro atoms. The summed E-state index contributed by atoms with van der Waals surface area (Å²) in [5.74, 6) is -2.83. The fourth-order valence-electron chi connectivity index (χ4n) is 15.1. The number of ether oxygens (including phenoxy) is 19. The van der Waals surface area contributed by atoms with E-state index in [1.807, 2.05) is 0 Å². The highest BCUT2D eigenvalue weighted by Crippen LogP contribution is 2.41. The lowest BCUT2D eigenvalue weighted by Gasteiger charge is -2.52. The average molecular weight is 1700 g/mol. The van der Waals surface area contributed by atoms with Crippen molar-refractivity contribution in [2.75, 3.05) is 52.9 Å². The van der Waals surface area contributed by atoms with E-state index in [9.17, 15) is 147 Å². The molecule has 10 saturated heterocycles. The standard InChI is InChI=1S/C65H109N3O48/c1-14-30(78)39(87)45(93)59(100-14)98-13-26-50(110-62-47(95)41(89)32(80)19(6-69)103-62)38(86)28(67-17(4)76)58(109-26)115-54-43(91)34(82)21(8-71)106-64(54)99-12-25-36(84)53(114-63-48(96)42(90)33(81)20(7-70)104-63)55(116-61-44(92)35(83)22(9-72)105-61)65(108-25)111-49-23(10-73)107-57(27(37(49)85)66-16(3)75)112-51-24(11-74)102-56(97)29(68-18(5)77)52(51)113-60-46(94)40(88)31(79)15(2)101-60/h14-15,19-65,69-74,78-97H,6-13H2,1-5H3,(H,66,75)(H,67,76)(H,68,77)/t14-,15-,19+,20+,21+,22+,23+,24+,25+,26+,27+,28+,29+,30+,31+,32-,33+,34+,35-,36+,37+,38+,39+,40+,41-,42-,43-,44+,45-,46-,47+,48-,49+,50+,51+,52+,53-,54-,55-,56+,57-,58-,59+,60-,61-,62-,63+,64-,65-/m0/s1. The van der Waals surface area contributed by atoms with Gasteiger partial charge in [0.15, 0.2) is 62.9 Å². The molecular formula is C65H109N3O48. The van der Waals surface area contributed by atoms with Crippen molar-refractivity contribution in [1.82, 2.24) is 16.0 Å². The third-order valence-corrected chi connectivity index (χ3v) is 21.6. The summed E-state index contributed by atoms with van der Waals surface area (Å²) in [5, 5.41) is 296. The van der Waals surface area contributed by atoms with E-state index in [1.165, 1.54) is 13.8 Å². The number of hydrogen-bond donors (Lipinski definition) is 29. The molecule has 0 unspecified atom stereocenters. The maximum Gasteiger partial charge on any atom is 0.217 e. The Morgan fingerprint density at radius 2 is 0.543 bits per heavy atom. The van der Waals surface area contributed by atoms with Crippen molar-refractivity contribution in [3.8, 4) is 0 Å². The number of aliphatic hydroxyl groups excluding tert-OH is 26. The highest BCUT2D eigenvalue weighted by atomic mass is 16.8. The molecule has 0 radical (unpaired) electrons. The van der Waals surface area contributed by atoms with Crippen LogP contribution in [0.4, 0.5) is 0 Å². The predicted octanol–water partition coefficient (Wildman–Crippen LogP) is -19.7. The predicted molar refractivity (Wildman–Crippen MR) is 356 cm³/mol. The molecule has 51 nitrogen and oxygen atoms in total. The molecule has 0 saturated carbocycles. The van der Waals surface area contributed by atoms with Gasteiger partial charge in [0.25, 0.3) is 0 Å². The molecule has 0 aromatic carbocycles. The molecule has 10 fully saturated rings. The second-order valence-corrected chi connectivity index (χ2v) is 29.8. The van der Waals surface area contributed by atoms with E-state index in [0.29, 0.717) is 0 Å². The van der Waals surface area contributed by atoms with Gasteiger partial charge < -0.3 is 239 Å². The zero-order valence-electron chi connectivity index (χ0n) is 62.6. The Hall–Kier alpha value is -3.39. The smallest absolute Gasteiger partial charge is 0.217 e. The van der Waals surface area contributed by atoms with E-state index in [-0.39, 0.29) is 0 Å². The number of amides is 3. The third-order valence-electron chi connectivity index (χ3n) is 21.6. The lowest BCUT2D eigenvalue weighted by atomic mass is 9.93. The van der Waals surface area contributed by atoms with E-state index in [4.69, 9.17) is 90.0 Å². The van der Waals surface area contributed by atoms with E-state index >= 15 is 0 Å². The second-order valence-electron chi connectivity index (χ2n) is 29.8. The van der Waals surface area contributed by atoms with Gasteiger partial charge in [-0.05, 0) is 13.8 Å². The summed E-state index contributed by atoms with van der Waals surface area (Å²) >= 11 is 0. The van der Waals surface area contributed by atoms with Crippen LogP contribution in [0.2, 0.25) is 0 Å². The second kappa shape index (κ2) is 40.9. The minimum absolute atomic E-state index is 0.856. The summed E-state index contributed by atoms with van der Waals surface area (Å²) < 4.78 is 114. The molecule has 116 heavy (non-hydrogen) atoms. The molecule has 672 valence electrons. The monoisotopic (exact) mass is 1700 g/mol. The Morgan fingerprint density at radius 3 is 1.02 bits per heavy atom. The van der Waals surface area contributed by atoms with E-state index in [0.717, 1.165) is 20.8 Å². The van der Waals surface area contributed by atoms with Gasteiger partial charge in [0.05, 0.1) is 65.1 Å². The first-order chi connectivity index (χ1) is 54.8. The van der Waals surface area contributed by atoms with Gasteiger partial charge in [-0.15, -0.1) is 0 Å². The summed E-state index contributed by atoms with van der Waals surface area (Å²) in [4.78, 5) is 39.3. The number of carbonyl (C=O) groups excluding carboxylic acids is 3. The largest absolute Gasteiger partial charge is 0.394 e. The molecule has 3 amide bonds. The molecule has 0 aliphatic carbocycles. The molecule has 29 N–H and O–H groups in total. The van der Waals surface area contributed by atoms with Crippen LogP contribution in [0.25, 0.3) is 0 Å². The Labute approximate surface area is 657 Å². The molecule has 49 atom stereocenters. The quantitative estimate of drug-likeness (QED) is 0.0331. The van der Waals surface area contributed by atoms with Crippen molar-refractivity contribution < 1.29 is 237 Å². The molecule has 10 heterocycles. The van der Waals surface area contributed by atoms with Crippen LogP contribution in [-0.2, 0) is 104 Å². The average Bonchev–Trinajstić information content (AvgIpc) is 1.58. The summed E-state index contributed by atoms with van der Waals surface area (Å²) in [6.07, 6.45) is -94.1. The van der Waals surface area contributed by atoms with E-state index in [2.05, 4.69) is 16.0 Å². The fourth-order valence-corrected chi connectivity index (χ4v) is 15.1. The Morgan fingerprint density at radius 1 is 0.241 bits per heavy atom. The van der Waals surface area contributed by atoms with Crippen molar-refractivity contribution in [2.24, 2.45) is 0 Å². The van der Waals surface area contributed by atoms with Gasteiger partial charge in [0.1, 0.15) is 226 Å². The lowest BCUT2D eigenvalue weighted by Crippen LogP contribution is -2.71. The Kier molecular flexibility index (Phi) is 33.5. The summed E-state index contributed by atoms with van der Waals surface area (Å²) in [6, 6.07) is -5.80. The first-order valence-corrected chi connectivity index (χ1v) is 37.3. The Balaban J connectivity index is 1.01. The van der Waals surface area contributed by atoms with Crippen LogP contribution in [0.1, 0.15) is 34.6 Å². The maximum absolute atomic E-state index is 13.3. The molecular weight excluding hydrogens is 1590 g/mol. The van der Waals surface area contributed by atoms with Gasteiger partial charge in [-0.3, -0.25) is 14.4 Å². The van der Waals surface area contributed by atoms with Crippen molar-refractivity contribution >= 4 is 17.7 Å². The highest BCUT2D eigenvalue weighted by molar-refractivity contribution is 5.74. The van der Waals surface area contributed by atoms with Crippen molar-refractivity contribution in [2.45, 2.75) is 335 Å². The maximum atomic E-state index is 13.3. The number of aliphatic hydroxyl groups is 26. The van der Waals surface area contributed by atoms with Gasteiger partial charge in [-0.2, -0.15) is 0 Å². The minimum Gasteiger partial charge on any atom is -0.394 e. The van der Waals surface area contributed by atoms with Crippen LogP contribution < -0.4 is 16.0 Å². The SMILES string of the molecule is CC(=O)N[C@@H]1[C@@H](O[C@@H]2O[C@@H](C)[C@@H](O)[C@@H](O)[C@@H]2O)[C@H](O[C@@H]2O[C@H](CO)[C@@H](O[C@@H]3O[C@H](CO[C@H]4O[C@H](CO)[C@@H](O)[C@H](O)[C@@H]4O[C@@H]4O[C@H](CO[C@@H]5O[C@@H](C)[C@@H](O)[C@@H](O)[C@@H]5O)[C@@H](O[C@@H]5O[C@H](CO)[C@H](O)[C@H](O)[C@H]5O)[C@H](O)[C@H]4NC(C)=O)[C@@H](O)[C@H](O[C@H]4O[C@H](CO)[C@@H](O)[C@H](O)[C@@H]4O)[C@@H]3O[C@@H]3O[C@H](CO)[C@H](O)[C@H]3O)[C@H](O)[C@H]2NC(C)=O)[C@@H](CO)O[C@H]1O. The van der Waals surface area contributed by atoms with Crippen LogP contribution in [0.3, 0.4) is 0 Å². The Bertz CT molecular complexity index is 3080. The van der Waals surface area contributed by atoms with Crippen molar-refractivity contribution in [3.63, 3.8) is 0 Å². The molecule has 51 heteroatoms. The number of nitrogens with one attached hydrogen (secondary N) is 3. The van der Waals surface area contributed by atoms with Crippen LogP contribution in [0, 0.1) is 0 Å². The van der Waals surface area contributed by atoms with Crippen LogP contribution >= 0.6 is 0 Å². The van der Waals surface area contributed by atoms with Crippen LogP contribution in [0.5, 0.6) is 0 Å². The molecule has 10 aliphatic rings. The van der Waals surface area contributed by atoms with E-state index < -0.39 is 371 Å². The summed E-state index contributed by atoms with van der Waals surface area (Å²) in [6.45, 7) is -3.39. The topological polar surface area (TPSA) is 789 Å². The normalized spacial score (nSPS) is 51.0. The van der Waals surface area contributed by atoms with E-state index in [1.54, 1.807) is 0 Å². The molecule has 0 bridgehead atoms. The molecule has 10 aliphatic heterocycles. The van der Waals surface area contributed by atoms with Gasteiger partial charge in [-0.25, -0.2) is 0 Å². The summed E-state index contributed by atoms with van der Waals surface area (Å²) in [5.41, 5.74) is 0. The van der Waals surface area contributed by atoms with Gasteiger partial charge in [-0.1, -0.05) is 0 Å². The molecule has 10 rings (SSSR count). The third kappa shape index (κ3) is 20.5. The van der Waals surface area contributed by atoms with Gasteiger partial charge in [0, 0.05) is 20.8 Å². The summed E-state index contributed by atoms with van der Waals surface area (Å²) in [7, 11) is 0. The molecule has 0 aromatic heterocycles. The minimum atomic E-state index is -2.49. The highest BCUT2D eigenvalue weighted by Gasteiger charge is 2.62. The van der Waals surface area contributed by atoms with Gasteiger partial charge in [0.2, 0.25) is 17.7 Å². The van der Waals surface area contributed by atoms with Crippen molar-refractivity contribution in [3.05, 3.63) is 0 Å².